The second kappa shape index (κ2) is 6.35. The van der Waals surface area contributed by atoms with Crippen molar-refractivity contribution in [3.8, 4) is 0 Å². The molecule has 0 radical (unpaired) electrons. The number of fused-ring (bicyclic) bond motifs is 1. The number of hydrogen-bond donors (Lipinski definition) is 1. The maximum atomic E-state index is 14.6. The van der Waals surface area contributed by atoms with E-state index in [1.165, 1.54) is 32.1 Å². The molecule has 0 aromatic heterocycles. The summed E-state index contributed by atoms with van der Waals surface area (Å²) in [5.41, 5.74) is 1.98. The summed E-state index contributed by atoms with van der Waals surface area (Å²) >= 11 is 0. The van der Waals surface area contributed by atoms with Gasteiger partial charge in [-0.2, -0.15) is 0 Å². The maximum absolute atomic E-state index is 14.6. The first-order valence-electron chi connectivity index (χ1n) is 8.50. The minimum absolute atomic E-state index is 0.0523. The van der Waals surface area contributed by atoms with Gasteiger partial charge in [-0.3, -0.25) is 0 Å². The van der Waals surface area contributed by atoms with Crippen LogP contribution in [0.2, 0.25) is 0 Å². The summed E-state index contributed by atoms with van der Waals surface area (Å²) in [4.78, 5) is 2.38. The van der Waals surface area contributed by atoms with Gasteiger partial charge < -0.3 is 10.2 Å². The Kier molecular flexibility index (Phi) is 4.48. The molecule has 1 N–H and O–H groups in total. The van der Waals surface area contributed by atoms with Gasteiger partial charge in [0.15, 0.2) is 0 Å². The molecule has 1 aliphatic heterocycles. The highest BCUT2D eigenvalue weighted by Gasteiger charge is 2.37. The van der Waals surface area contributed by atoms with E-state index < -0.39 is 0 Å². The fraction of sp³-hybridized carbons (Fsp3) is 0.667. The fourth-order valence-electron chi connectivity index (χ4n) is 4.28. The quantitative estimate of drug-likeness (QED) is 0.891. The first-order chi connectivity index (χ1) is 10.2. The molecule has 1 aromatic carbocycles. The standard InChI is InChI=1S/C18H27FN2/c1-3-20-13(2)15-8-6-9-16(19)18(15)21-12-11-14-7-4-5-10-17(14)21/h6,8-9,13-14,17,20H,3-5,7,10-12H2,1-2H3. The van der Waals surface area contributed by atoms with E-state index in [0.29, 0.717) is 6.04 Å². The summed E-state index contributed by atoms with van der Waals surface area (Å²) in [5, 5.41) is 3.43. The average molecular weight is 290 g/mol. The molecular formula is C18H27FN2. The number of hydrogen-bond acceptors (Lipinski definition) is 2. The summed E-state index contributed by atoms with van der Waals surface area (Å²) in [6.07, 6.45) is 6.44. The number of rotatable bonds is 4. The Morgan fingerprint density at radius 3 is 2.90 bits per heavy atom. The summed E-state index contributed by atoms with van der Waals surface area (Å²) in [7, 11) is 0. The molecule has 1 saturated heterocycles. The van der Waals surface area contributed by atoms with Crippen molar-refractivity contribution >= 4 is 5.69 Å². The van der Waals surface area contributed by atoms with Crippen LogP contribution in [0.15, 0.2) is 18.2 Å². The van der Waals surface area contributed by atoms with Gasteiger partial charge in [-0.05, 0) is 50.3 Å². The molecule has 3 unspecified atom stereocenters. The minimum Gasteiger partial charge on any atom is -0.366 e. The van der Waals surface area contributed by atoms with Crippen LogP contribution in [0.25, 0.3) is 0 Å². The van der Waals surface area contributed by atoms with Crippen molar-refractivity contribution in [1.29, 1.82) is 0 Å². The Morgan fingerprint density at radius 1 is 1.29 bits per heavy atom. The predicted octanol–water partition coefficient (Wildman–Crippen LogP) is 4.27. The lowest BCUT2D eigenvalue weighted by Gasteiger charge is -2.35. The van der Waals surface area contributed by atoms with Crippen molar-refractivity contribution in [1.82, 2.24) is 5.32 Å². The van der Waals surface area contributed by atoms with E-state index in [1.807, 2.05) is 6.07 Å². The van der Waals surface area contributed by atoms with E-state index in [4.69, 9.17) is 0 Å². The first-order valence-corrected chi connectivity index (χ1v) is 8.50. The molecule has 3 atom stereocenters. The van der Waals surface area contributed by atoms with Crippen molar-refractivity contribution in [3.05, 3.63) is 29.6 Å². The molecule has 0 amide bonds. The van der Waals surface area contributed by atoms with Crippen LogP contribution >= 0.6 is 0 Å². The molecule has 0 spiro atoms. The van der Waals surface area contributed by atoms with Gasteiger partial charge in [0, 0.05) is 18.6 Å². The van der Waals surface area contributed by atoms with Gasteiger partial charge in [-0.25, -0.2) is 4.39 Å². The summed E-state index contributed by atoms with van der Waals surface area (Å²) < 4.78 is 14.6. The van der Waals surface area contributed by atoms with Gasteiger partial charge in [0.05, 0.1) is 5.69 Å². The van der Waals surface area contributed by atoms with Crippen LogP contribution in [-0.2, 0) is 0 Å². The Balaban J connectivity index is 1.93. The van der Waals surface area contributed by atoms with Crippen molar-refractivity contribution in [2.45, 2.75) is 58.0 Å². The Morgan fingerprint density at radius 2 is 2.10 bits per heavy atom. The Bertz CT molecular complexity index is 488. The third-order valence-corrected chi connectivity index (χ3v) is 5.29. The topological polar surface area (TPSA) is 15.3 Å². The van der Waals surface area contributed by atoms with Crippen molar-refractivity contribution in [2.75, 3.05) is 18.0 Å². The SMILES string of the molecule is CCNC(C)c1cccc(F)c1N1CCC2CCCCC21. The van der Waals surface area contributed by atoms with Gasteiger partial charge >= 0.3 is 0 Å². The molecule has 1 aromatic rings. The van der Waals surface area contributed by atoms with Crippen LogP contribution in [-0.4, -0.2) is 19.1 Å². The lowest BCUT2D eigenvalue weighted by atomic mass is 9.85. The molecule has 3 heteroatoms. The minimum atomic E-state index is -0.0523. The first kappa shape index (κ1) is 14.8. The maximum Gasteiger partial charge on any atom is 0.146 e. The second-order valence-electron chi connectivity index (χ2n) is 6.55. The fourth-order valence-corrected chi connectivity index (χ4v) is 4.28. The second-order valence-corrected chi connectivity index (χ2v) is 6.55. The van der Waals surface area contributed by atoms with Crippen molar-refractivity contribution in [2.24, 2.45) is 5.92 Å². The summed E-state index contributed by atoms with van der Waals surface area (Å²) in [6, 6.07) is 6.30. The van der Waals surface area contributed by atoms with Crippen molar-refractivity contribution in [3.63, 3.8) is 0 Å². The molecule has 2 fully saturated rings. The van der Waals surface area contributed by atoms with Gasteiger partial charge in [0.2, 0.25) is 0 Å². The number of benzene rings is 1. The zero-order valence-corrected chi connectivity index (χ0v) is 13.2. The molecular weight excluding hydrogens is 263 g/mol. The number of nitrogens with one attached hydrogen (secondary N) is 1. The monoisotopic (exact) mass is 290 g/mol. The molecule has 3 rings (SSSR count). The van der Waals surface area contributed by atoms with Crippen molar-refractivity contribution < 1.29 is 4.39 Å². The van der Waals surface area contributed by atoms with E-state index in [2.05, 4.69) is 30.1 Å². The average Bonchev–Trinajstić information content (AvgIpc) is 2.91. The molecule has 1 heterocycles. The van der Waals surface area contributed by atoms with E-state index in [0.717, 1.165) is 30.3 Å². The molecule has 2 aliphatic rings. The third-order valence-electron chi connectivity index (χ3n) is 5.29. The van der Waals surface area contributed by atoms with Crippen LogP contribution in [0, 0.1) is 11.7 Å². The van der Waals surface area contributed by atoms with E-state index >= 15 is 0 Å². The van der Waals surface area contributed by atoms with E-state index in [1.54, 1.807) is 6.07 Å². The van der Waals surface area contributed by atoms with Crippen LogP contribution in [0.3, 0.4) is 0 Å². The normalized spacial score (nSPS) is 26.7. The highest BCUT2D eigenvalue weighted by atomic mass is 19.1. The molecule has 1 aliphatic carbocycles. The molecule has 116 valence electrons. The lowest BCUT2D eigenvalue weighted by molar-refractivity contribution is 0.341. The third kappa shape index (κ3) is 2.80. The summed E-state index contributed by atoms with van der Waals surface area (Å²) in [6.45, 7) is 6.16. The summed E-state index contributed by atoms with van der Waals surface area (Å²) in [5.74, 6) is 0.726. The smallest absolute Gasteiger partial charge is 0.146 e. The zero-order chi connectivity index (χ0) is 14.8. The molecule has 21 heavy (non-hydrogen) atoms. The Hall–Kier alpha value is -1.09. The lowest BCUT2D eigenvalue weighted by Crippen LogP contribution is -2.36. The highest BCUT2D eigenvalue weighted by molar-refractivity contribution is 5.58. The van der Waals surface area contributed by atoms with Gasteiger partial charge in [-0.15, -0.1) is 0 Å². The van der Waals surface area contributed by atoms with Crippen LogP contribution < -0.4 is 10.2 Å². The molecule has 2 nitrogen and oxygen atoms in total. The predicted molar refractivity (Wildman–Crippen MR) is 86.2 cm³/mol. The van der Waals surface area contributed by atoms with Crippen LogP contribution in [0.4, 0.5) is 10.1 Å². The van der Waals surface area contributed by atoms with Crippen LogP contribution in [0.5, 0.6) is 0 Å². The van der Waals surface area contributed by atoms with E-state index in [9.17, 15) is 4.39 Å². The number of anilines is 1. The van der Waals surface area contributed by atoms with Gasteiger partial charge in [-0.1, -0.05) is 31.9 Å². The van der Waals surface area contributed by atoms with Crippen LogP contribution in [0.1, 0.15) is 57.6 Å². The molecule has 0 bridgehead atoms. The highest BCUT2D eigenvalue weighted by Crippen LogP contribution is 2.41. The van der Waals surface area contributed by atoms with Gasteiger partial charge in [0.25, 0.3) is 0 Å². The zero-order valence-electron chi connectivity index (χ0n) is 13.2. The number of para-hydroxylation sites is 1. The largest absolute Gasteiger partial charge is 0.366 e. The number of halogens is 1. The van der Waals surface area contributed by atoms with E-state index in [-0.39, 0.29) is 11.9 Å². The number of nitrogens with zero attached hydrogens (tertiary/aromatic N) is 1. The Labute approximate surface area is 127 Å². The van der Waals surface area contributed by atoms with Gasteiger partial charge in [0.1, 0.15) is 5.82 Å². The molecule has 1 saturated carbocycles.